The van der Waals surface area contributed by atoms with Gasteiger partial charge in [0.25, 0.3) is 0 Å². The van der Waals surface area contributed by atoms with Crippen molar-refractivity contribution in [3.05, 3.63) is 97.1 Å². The van der Waals surface area contributed by atoms with E-state index < -0.39 is 14.3 Å². The van der Waals surface area contributed by atoms with Crippen molar-refractivity contribution in [3.63, 3.8) is 0 Å². The summed E-state index contributed by atoms with van der Waals surface area (Å²) in [6.45, 7) is 0. The van der Waals surface area contributed by atoms with Crippen LogP contribution in [0.5, 0.6) is 23.0 Å². The van der Waals surface area contributed by atoms with Crippen LogP contribution in [0.2, 0.25) is 0 Å². The van der Waals surface area contributed by atoms with Crippen molar-refractivity contribution >= 4 is 35.5 Å². The van der Waals surface area contributed by atoms with Crippen molar-refractivity contribution in [2.45, 2.75) is 0 Å². The minimum Gasteiger partial charge on any atom is -0.497 e. The SMILES string of the molecule is COc1ccc(P(=O)(CCP(=O)(c2ccc(OC)cc2)c2ccc(OC)cc2)c2ccc(OC)cc2)cc1. The molecule has 0 aliphatic rings. The summed E-state index contributed by atoms with van der Waals surface area (Å²) in [5.41, 5.74) is 0. The fourth-order valence-electron chi connectivity index (χ4n) is 4.39. The molecule has 8 heteroatoms. The average Bonchev–Trinajstić information content (AvgIpc) is 2.99. The summed E-state index contributed by atoms with van der Waals surface area (Å²) in [5, 5.41) is 2.72. The molecule has 0 heterocycles. The van der Waals surface area contributed by atoms with Crippen LogP contribution in [-0.4, -0.2) is 40.8 Å². The van der Waals surface area contributed by atoms with Crippen LogP contribution < -0.4 is 40.2 Å². The lowest BCUT2D eigenvalue weighted by Crippen LogP contribution is -2.25. The van der Waals surface area contributed by atoms with Crippen LogP contribution in [0.4, 0.5) is 0 Å². The van der Waals surface area contributed by atoms with E-state index in [1.807, 2.05) is 48.5 Å². The highest BCUT2D eigenvalue weighted by atomic mass is 31.2. The maximum absolute atomic E-state index is 14.9. The van der Waals surface area contributed by atoms with E-state index in [-0.39, 0.29) is 12.3 Å². The van der Waals surface area contributed by atoms with Gasteiger partial charge < -0.3 is 28.1 Å². The predicted octanol–water partition coefficient (Wildman–Crippen LogP) is 5.05. The highest BCUT2D eigenvalue weighted by Gasteiger charge is 2.34. The van der Waals surface area contributed by atoms with Gasteiger partial charge in [0.1, 0.15) is 37.3 Å². The number of methoxy groups -OCH3 is 4. The molecule has 0 unspecified atom stereocenters. The summed E-state index contributed by atoms with van der Waals surface area (Å²) in [7, 11) is 0.0103. The third-order valence-corrected chi connectivity index (χ3v) is 13.3. The van der Waals surface area contributed by atoms with E-state index in [1.165, 1.54) is 0 Å². The Labute approximate surface area is 224 Å². The molecular formula is C30H32O6P2. The summed E-state index contributed by atoms with van der Waals surface area (Å²) in [5.74, 6) is 2.71. The molecule has 198 valence electrons. The predicted molar refractivity (Wildman–Crippen MR) is 155 cm³/mol. The monoisotopic (exact) mass is 550 g/mol. The second-order valence-electron chi connectivity index (χ2n) is 8.72. The standard InChI is InChI=1S/C30H32O6P2/c1-33-23-5-13-27(14-6-23)37(31,28-15-7-24(34-2)8-16-28)21-22-38(32,29-17-9-25(35-3)10-18-29)30-19-11-26(36-4)12-20-30/h5-20H,21-22H2,1-4H3. The van der Waals surface area contributed by atoms with Crippen LogP contribution in [0, 0.1) is 0 Å². The van der Waals surface area contributed by atoms with Gasteiger partial charge in [-0.1, -0.05) is 0 Å². The van der Waals surface area contributed by atoms with Gasteiger partial charge in [-0.25, -0.2) is 0 Å². The number of hydrogen-bond donors (Lipinski definition) is 0. The van der Waals surface area contributed by atoms with Crippen molar-refractivity contribution in [2.24, 2.45) is 0 Å². The minimum absolute atomic E-state index is 0.209. The Kier molecular flexibility index (Phi) is 8.66. The Morgan fingerprint density at radius 1 is 0.395 bits per heavy atom. The van der Waals surface area contributed by atoms with Crippen molar-refractivity contribution in [1.82, 2.24) is 0 Å². The molecule has 0 amide bonds. The van der Waals surface area contributed by atoms with Gasteiger partial charge in [0.05, 0.1) is 28.4 Å². The molecule has 4 rings (SSSR count). The van der Waals surface area contributed by atoms with Crippen molar-refractivity contribution in [2.75, 3.05) is 40.8 Å². The lowest BCUT2D eigenvalue weighted by molar-refractivity contribution is 0.415. The number of ether oxygens (including phenoxy) is 4. The molecule has 0 saturated heterocycles. The van der Waals surface area contributed by atoms with Crippen LogP contribution >= 0.6 is 14.3 Å². The molecule has 4 aromatic carbocycles. The van der Waals surface area contributed by atoms with E-state index in [0.29, 0.717) is 44.2 Å². The van der Waals surface area contributed by atoms with Crippen LogP contribution in [0.25, 0.3) is 0 Å². The average molecular weight is 551 g/mol. The molecule has 0 N–H and O–H groups in total. The van der Waals surface area contributed by atoms with Crippen molar-refractivity contribution in [3.8, 4) is 23.0 Å². The fraction of sp³-hybridized carbons (Fsp3) is 0.200. The molecule has 0 saturated carbocycles. The van der Waals surface area contributed by atoms with Gasteiger partial charge in [-0.15, -0.1) is 0 Å². The van der Waals surface area contributed by atoms with Crippen LogP contribution in [-0.2, 0) is 9.13 Å². The van der Waals surface area contributed by atoms with E-state index in [1.54, 1.807) is 77.0 Å². The summed E-state index contributed by atoms with van der Waals surface area (Å²) in [6.07, 6.45) is 0.419. The molecule has 0 aliphatic heterocycles. The number of hydrogen-bond acceptors (Lipinski definition) is 6. The molecule has 0 aliphatic carbocycles. The Morgan fingerprint density at radius 2 is 0.579 bits per heavy atom. The second kappa shape index (κ2) is 11.9. The zero-order valence-corrected chi connectivity index (χ0v) is 23.8. The van der Waals surface area contributed by atoms with Gasteiger partial charge in [0.2, 0.25) is 0 Å². The molecule has 0 radical (unpaired) electrons. The van der Waals surface area contributed by atoms with E-state index in [2.05, 4.69) is 0 Å². The molecule has 4 aromatic rings. The van der Waals surface area contributed by atoms with Gasteiger partial charge in [0.15, 0.2) is 0 Å². The largest absolute Gasteiger partial charge is 0.497 e. The van der Waals surface area contributed by atoms with E-state index in [9.17, 15) is 9.13 Å². The molecular weight excluding hydrogens is 518 g/mol. The zero-order valence-electron chi connectivity index (χ0n) is 22.0. The van der Waals surface area contributed by atoms with Gasteiger partial charge in [0, 0.05) is 33.5 Å². The first-order valence-corrected chi connectivity index (χ1v) is 15.9. The number of rotatable bonds is 11. The summed E-state index contributed by atoms with van der Waals surface area (Å²) in [4.78, 5) is 0. The molecule has 0 bridgehead atoms. The first-order chi connectivity index (χ1) is 18.4. The minimum atomic E-state index is -3.19. The maximum Gasteiger partial charge on any atom is 0.143 e. The third-order valence-electron chi connectivity index (χ3n) is 6.69. The fourth-order valence-corrected chi connectivity index (χ4v) is 10.8. The second-order valence-corrected chi connectivity index (χ2v) is 14.6. The Hall–Kier alpha value is -3.46. The molecule has 38 heavy (non-hydrogen) atoms. The first kappa shape index (κ1) is 27.6. The lowest BCUT2D eigenvalue weighted by Gasteiger charge is -2.25. The highest BCUT2D eigenvalue weighted by molar-refractivity contribution is 7.82. The first-order valence-electron chi connectivity index (χ1n) is 12.1. The topological polar surface area (TPSA) is 71.1 Å². The molecule has 0 aromatic heterocycles. The van der Waals surface area contributed by atoms with Gasteiger partial charge in [-0.3, -0.25) is 0 Å². The van der Waals surface area contributed by atoms with Crippen molar-refractivity contribution in [1.29, 1.82) is 0 Å². The van der Waals surface area contributed by atoms with E-state index in [0.717, 1.165) is 0 Å². The third kappa shape index (κ3) is 5.67. The van der Waals surface area contributed by atoms with Gasteiger partial charge in [-0.2, -0.15) is 0 Å². The van der Waals surface area contributed by atoms with Crippen LogP contribution in [0.15, 0.2) is 97.1 Å². The van der Waals surface area contributed by atoms with Gasteiger partial charge in [-0.05, 0) is 97.1 Å². The molecule has 0 fully saturated rings. The zero-order chi connectivity index (χ0) is 27.2. The Balaban J connectivity index is 1.79. The summed E-state index contributed by atoms with van der Waals surface area (Å²) >= 11 is 0. The molecule has 0 spiro atoms. The summed E-state index contributed by atoms with van der Waals surface area (Å²) in [6, 6.07) is 29.1. The smallest absolute Gasteiger partial charge is 0.143 e. The van der Waals surface area contributed by atoms with E-state index in [4.69, 9.17) is 18.9 Å². The summed E-state index contributed by atoms with van der Waals surface area (Å²) < 4.78 is 51.0. The Bertz CT molecular complexity index is 1210. The van der Waals surface area contributed by atoms with Crippen molar-refractivity contribution < 1.29 is 28.1 Å². The van der Waals surface area contributed by atoms with Crippen LogP contribution in [0.1, 0.15) is 0 Å². The molecule has 0 atom stereocenters. The van der Waals surface area contributed by atoms with Gasteiger partial charge >= 0.3 is 0 Å². The quantitative estimate of drug-likeness (QED) is 0.244. The van der Waals surface area contributed by atoms with Crippen LogP contribution in [0.3, 0.4) is 0 Å². The lowest BCUT2D eigenvalue weighted by atomic mass is 10.3. The normalized spacial score (nSPS) is 11.6. The maximum atomic E-state index is 14.9. The molecule has 6 nitrogen and oxygen atoms in total. The van der Waals surface area contributed by atoms with E-state index >= 15 is 0 Å². The Morgan fingerprint density at radius 3 is 0.737 bits per heavy atom. The highest BCUT2D eigenvalue weighted by Crippen LogP contribution is 2.51. The number of benzene rings is 4.